The molecule has 0 fully saturated rings. The fourth-order valence-corrected chi connectivity index (χ4v) is 6.70. The van der Waals surface area contributed by atoms with Gasteiger partial charge in [0.25, 0.3) is 0 Å². The molecule has 0 bridgehead atoms. The topological polar surface area (TPSA) is 51.6 Å². The molecule has 4 heteroatoms. The summed E-state index contributed by atoms with van der Waals surface area (Å²) in [6, 6.07) is 54.7. The highest BCUT2D eigenvalue weighted by molar-refractivity contribution is 5.93. The molecule has 0 saturated heterocycles. The van der Waals surface area contributed by atoms with Crippen LogP contribution in [0.1, 0.15) is 11.1 Å². The molecule has 0 radical (unpaired) electrons. The Hall–Kier alpha value is -6.26. The van der Waals surface area contributed by atoms with E-state index in [0.717, 1.165) is 45.3 Å². The van der Waals surface area contributed by atoms with Crippen LogP contribution in [-0.2, 0) is 6.42 Å². The minimum Gasteiger partial charge on any atom is -0.248 e. The van der Waals surface area contributed by atoms with Gasteiger partial charge in [0.1, 0.15) is 0 Å². The van der Waals surface area contributed by atoms with Gasteiger partial charge in [-0.2, -0.15) is 0 Å². The highest BCUT2D eigenvalue weighted by atomic mass is 15.0. The highest BCUT2D eigenvalue weighted by Gasteiger charge is 2.26. The Labute approximate surface area is 273 Å². The fourth-order valence-electron chi connectivity index (χ4n) is 6.70. The molecule has 1 aliphatic rings. The molecule has 47 heavy (non-hydrogen) atoms. The summed E-state index contributed by atoms with van der Waals surface area (Å²) in [4.78, 5) is 19.9. The normalized spacial score (nSPS) is 11.7. The maximum Gasteiger partial charge on any atom is 0.164 e. The maximum atomic E-state index is 5.06. The number of nitrogens with zero attached hydrogens (tertiary/aromatic N) is 4. The van der Waals surface area contributed by atoms with Gasteiger partial charge >= 0.3 is 0 Å². The molecular weight excluding hydrogens is 573 g/mol. The highest BCUT2D eigenvalue weighted by Crippen LogP contribution is 2.46. The zero-order valence-electron chi connectivity index (χ0n) is 25.5. The molecule has 6 aromatic carbocycles. The third-order valence-electron chi connectivity index (χ3n) is 8.99. The van der Waals surface area contributed by atoms with Gasteiger partial charge in [0.15, 0.2) is 17.5 Å². The van der Waals surface area contributed by atoms with Crippen molar-refractivity contribution in [2.45, 2.75) is 6.42 Å². The van der Waals surface area contributed by atoms with E-state index in [-0.39, 0.29) is 0 Å². The zero-order chi connectivity index (χ0) is 31.2. The lowest BCUT2D eigenvalue weighted by molar-refractivity contribution is 1.07. The van der Waals surface area contributed by atoms with Crippen LogP contribution >= 0.6 is 0 Å². The largest absolute Gasteiger partial charge is 0.248 e. The minimum atomic E-state index is 0.667. The fraction of sp³-hybridized carbons (Fsp3) is 0.0233. The third-order valence-corrected chi connectivity index (χ3v) is 8.99. The van der Waals surface area contributed by atoms with Crippen LogP contribution in [0.15, 0.2) is 158 Å². The van der Waals surface area contributed by atoms with E-state index in [0.29, 0.717) is 17.5 Å². The van der Waals surface area contributed by atoms with Gasteiger partial charge in [-0.05, 0) is 51.9 Å². The van der Waals surface area contributed by atoms with Crippen molar-refractivity contribution in [1.82, 2.24) is 19.9 Å². The van der Waals surface area contributed by atoms with Crippen LogP contribution in [0, 0.1) is 0 Å². The van der Waals surface area contributed by atoms with Crippen LogP contribution in [0.2, 0.25) is 0 Å². The summed E-state index contributed by atoms with van der Waals surface area (Å²) in [6.45, 7) is 0. The van der Waals surface area contributed by atoms with Crippen LogP contribution in [0.3, 0.4) is 0 Å². The molecule has 0 atom stereocenters. The van der Waals surface area contributed by atoms with E-state index >= 15 is 0 Å². The lowest BCUT2D eigenvalue weighted by Crippen LogP contribution is -2.01. The van der Waals surface area contributed by atoms with Gasteiger partial charge in [0.05, 0.1) is 11.2 Å². The van der Waals surface area contributed by atoms with Crippen LogP contribution in [0.5, 0.6) is 0 Å². The number of para-hydroxylation sites is 1. The van der Waals surface area contributed by atoms with Crippen molar-refractivity contribution in [3.63, 3.8) is 0 Å². The number of rotatable bonds is 5. The number of hydrogen-bond acceptors (Lipinski definition) is 4. The van der Waals surface area contributed by atoms with Crippen molar-refractivity contribution in [1.29, 1.82) is 0 Å². The average molecular weight is 601 g/mol. The van der Waals surface area contributed by atoms with Crippen molar-refractivity contribution in [3.8, 4) is 67.7 Å². The van der Waals surface area contributed by atoms with Gasteiger partial charge < -0.3 is 0 Å². The van der Waals surface area contributed by atoms with Crippen LogP contribution in [0.4, 0.5) is 0 Å². The third kappa shape index (κ3) is 4.88. The molecule has 2 heterocycles. The van der Waals surface area contributed by atoms with E-state index in [2.05, 4.69) is 84.9 Å². The molecule has 0 unspecified atom stereocenters. The monoisotopic (exact) mass is 600 g/mol. The van der Waals surface area contributed by atoms with E-state index in [4.69, 9.17) is 19.9 Å². The number of aromatic nitrogens is 4. The van der Waals surface area contributed by atoms with Crippen molar-refractivity contribution < 1.29 is 0 Å². The van der Waals surface area contributed by atoms with Crippen LogP contribution in [0.25, 0.3) is 78.6 Å². The van der Waals surface area contributed by atoms with Crippen molar-refractivity contribution in [3.05, 3.63) is 169 Å². The summed E-state index contributed by atoms with van der Waals surface area (Å²) in [5.41, 5.74) is 13.5. The van der Waals surface area contributed by atoms with E-state index in [1.165, 1.54) is 33.4 Å². The van der Waals surface area contributed by atoms with Gasteiger partial charge in [0.2, 0.25) is 0 Å². The molecule has 9 rings (SSSR count). The molecule has 1 aliphatic carbocycles. The molecule has 0 aliphatic heterocycles. The Kier molecular flexibility index (Phi) is 6.50. The lowest BCUT2D eigenvalue weighted by atomic mass is 9.94. The van der Waals surface area contributed by atoms with Gasteiger partial charge in [-0.15, -0.1) is 0 Å². The summed E-state index contributed by atoms with van der Waals surface area (Å²) < 4.78 is 0. The molecule has 4 nitrogen and oxygen atoms in total. The van der Waals surface area contributed by atoms with Gasteiger partial charge in [-0.1, -0.05) is 146 Å². The van der Waals surface area contributed by atoms with Crippen molar-refractivity contribution in [2.75, 3.05) is 0 Å². The summed E-state index contributed by atoms with van der Waals surface area (Å²) in [7, 11) is 0. The minimum absolute atomic E-state index is 0.667. The van der Waals surface area contributed by atoms with Crippen LogP contribution in [-0.4, -0.2) is 19.9 Å². The van der Waals surface area contributed by atoms with E-state index in [1.54, 1.807) is 0 Å². The smallest absolute Gasteiger partial charge is 0.164 e. The summed E-state index contributed by atoms with van der Waals surface area (Å²) in [6.07, 6.45) is 0.852. The molecule has 0 N–H and O–H groups in total. The number of benzene rings is 6. The molecule has 0 saturated carbocycles. The molecule has 0 spiro atoms. The second kappa shape index (κ2) is 11.3. The number of hydrogen-bond donors (Lipinski definition) is 0. The van der Waals surface area contributed by atoms with E-state index in [1.807, 2.05) is 72.8 Å². The lowest BCUT2D eigenvalue weighted by Gasteiger charge is -2.13. The Balaban J connectivity index is 1.13. The first-order chi connectivity index (χ1) is 23.3. The average Bonchev–Trinajstić information content (AvgIpc) is 3.55. The Morgan fingerprint density at radius 2 is 0.957 bits per heavy atom. The van der Waals surface area contributed by atoms with Crippen molar-refractivity contribution in [2.24, 2.45) is 0 Å². The maximum absolute atomic E-state index is 5.06. The Morgan fingerprint density at radius 3 is 1.70 bits per heavy atom. The van der Waals surface area contributed by atoms with E-state index in [9.17, 15) is 0 Å². The van der Waals surface area contributed by atoms with Gasteiger partial charge in [0, 0.05) is 27.6 Å². The Morgan fingerprint density at radius 1 is 0.362 bits per heavy atom. The SMILES string of the molecule is c1ccc(-c2nc(-c3ccccc3)nc(-c3cccc4c3-c3cccc(-c5ccc(-c6ccc7ccccc7n6)cc5)c3C4)n2)cc1. The first-order valence-corrected chi connectivity index (χ1v) is 15.9. The first-order valence-electron chi connectivity index (χ1n) is 15.9. The molecule has 220 valence electrons. The summed E-state index contributed by atoms with van der Waals surface area (Å²) in [5, 5.41) is 1.15. The van der Waals surface area contributed by atoms with Crippen molar-refractivity contribution >= 4 is 10.9 Å². The molecule has 0 amide bonds. The Bertz CT molecular complexity index is 2360. The molecule has 2 aromatic heterocycles. The summed E-state index contributed by atoms with van der Waals surface area (Å²) in [5.74, 6) is 2.01. The standard InChI is InChI=1S/C43H28N4/c1-3-12-31(13-4-1)41-45-42(32-14-5-2-6-15-32)47-43(46-41)36-19-9-16-33-27-37-34(17-10-18-35(37)40(33)36)28-21-23-30(24-22-28)39-26-25-29-11-7-8-20-38(29)44-39/h1-26H,27H2. The summed E-state index contributed by atoms with van der Waals surface area (Å²) >= 11 is 0. The second-order valence-corrected chi connectivity index (χ2v) is 11.9. The number of pyridine rings is 1. The molecule has 8 aromatic rings. The van der Waals surface area contributed by atoms with Gasteiger partial charge in [-0.3, -0.25) is 0 Å². The quantitative estimate of drug-likeness (QED) is 0.197. The zero-order valence-corrected chi connectivity index (χ0v) is 25.5. The number of fused-ring (bicyclic) bond motifs is 4. The molecular formula is C43H28N4. The van der Waals surface area contributed by atoms with Gasteiger partial charge in [-0.25, -0.2) is 19.9 Å². The first kappa shape index (κ1) is 27.1. The van der Waals surface area contributed by atoms with E-state index < -0.39 is 0 Å². The second-order valence-electron chi connectivity index (χ2n) is 11.9. The predicted octanol–water partition coefficient (Wildman–Crippen LogP) is 10.3. The predicted molar refractivity (Wildman–Crippen MR) is 191 cm³/mol. The van der Waals surface area contributed by atoms with Crippen LogP contribution < -0.4 is 0 Å².